The predicted molar refractivity (Wildman–Crippen MR) is 92.1 cm³/mol. The van der Waals surface area contributed by atoms with Crippen molar-refractivity contribution in [1.82, 2.24) is 14.9 Å². The fourth-order valence-electron chi connectivity index (χ4n) is 3.08. The zero-order valence-electron chi connectivity index (χ0n) is 14.0. The number of carbonyl (C=O) groups excluding carboxylic acids is 1. The first-order valence-electron chi connectivity index (χ1n) is 8.15. The van der Waals surface area contributed by atoms with Gasteiger partial charge in [0, 0.05) is 25.5 Å². The second kappa shape index (κ2) is 7.40. The molecule has 0 saturated carbocycles. The third-order valence-electron chi connectivity index (χ3n) is 4.50. The van der Waals surface area contributed by atoms with Gasteiger partial charge in [-0.3, -0.25) is 15.0 Å². The standard InChI is InChI=1S/C18H22N4O2/c1-13(17(23)21-18-19-9-4-10-20-18)22-11-7-14-5-3-6-16(24-2)15(14)8-12-22/h3-6,9-10,13H,7-8,11-12H2,1-2H3,(H,19,20,21,23). The fraction of sp³-hybridized carbons (Fsp3) is 0.389. The van der Waals surface area contributed by atoms with Gasteiger partial charge in [0.2, 0.25) is 11.9 Å². The first-order valence-corrected chi connectivity index (χ1v) is 8.15. The molecule has 0 saturated heterocycles. The number of methoxy groups -OCH3 is 1. The van der Waals surface area contributed by atoms with E-state index in [1.807, 2.05) is 19.1 Å². The van der Waals surface area contributed by atoms with Crippen LogP contribution >= 0.6 is 0 Å². The predicted octanol–water partition coefficient (Wildman–Crippen LogP) is 1.91. The van der Waals surface area contributed by atoms with Gasteiger partial charge in [-0.1, -0.05) is 12.1 Å². The Bertz CT molecular complexity index is 705. The monoisotopic (exact) mass is 326 g/mol. The molecule has 1 N–H and O–H groups in total. The number of nitrogens with one attached hydrogen (secondary N) is 1. The second-order valence-corrected chi connectivity index (χ2v) is 5.87. The third-order valence-corrected chi connectivity index (χ3v) is 4.50. The van der Waals surface area contributed by atoms with Gasteiger partial charge in [-0.2, -0.15) is 0 Å². The van der Waals surface area contributed by atoms with Gasteiger partial charge in [0.05, 0.1) is 13.2 Å². The zero-order valence-corrected chi connectivity index (χ0v) is 14.0. The Kier molecular flexibility index (Phi) is 5.05. The number of fused-ring (bicyclic) bond motifs is 1. The average Bonchev–Trinajstić information content (AvgIpc) is 2.84. The number of rotatable bonds is 4. The van der Waals surface area contributed by atoms with Crippen molar-refractivity contribution < 1.29 is 9.53 Å². The van der Waals surface area contributed by atoms with E-state index in [1.165, 1.54) is 11.1 Å². The summed E-state index contributed by atoms with van der Waals surface area (Å²) in [7, 11) is 1.70. The summed E-state index contributed by atoms with van der Waals surface area (Å²) in [4.78, 5) is 22.7. The minimum absolute atomic E-state index is 0.0841. The Morgan fingerprint density at radius 3 is 2.71 bits per heavy atom. The molecule has 1 aromatic carbocycles. The van der Waals surface area contributed by atoms with E-state index in [2.05, 4.69) is 26.3 Å². The molecular formula is C18H22N4O2. The van der Waals surface area contributed by atoms with Crippen LogP contribution in [0.5, 0.6) is 5.75 Å². The Hall–Kier alpha value is -2.47. The van der Waals surface area contributed by atoms with Crippen LogP contribution in [0.2, 0.25) is 0 Å². The lowest BCUT2D eigenvalue weighted by Gasteiger charge is -2.26. The molecule has 0 fully saturated rings. The SMILES string of the molecule is COc1cccc2c1CCN(C(C)C(=O)Nc1ncccn1)CC2. The molecule has 24 heavy (non-hydrogen) atoms. The Labute approximate surface area is 141 Å². The van der Waals surface area contributed by atoms with Crippen LogP contribution in [0.15, 0.2) is 36.7 Å². The fourth-order valence-corrected chi connectivity index (χ4v) is 3.08. The number of anilines is 1. The highest BCUT2D eigenvalue weighted by atomic mass is 16.5. The summed E-state index contributed by atoms with van der Waals surface area (Å²) < 4.78 is 5.48. The second-order valence-electron chi connectivity index (χ2n) is 5.87. The molecule has 126 valence electrons. The number of nitrogens with zero attached hydrogens (tertiary/aromatic N) is 3. The molecule has 3 rings (SSSR count). The van der Waals surface area contributed by atoms with Gasteiger partial charge in [0.25, 0.3) is 0 Å². The van der Waals surface area contributed by atoms with Crippen molar-refractivity contribution in [3.63, 3.8) is 0 Å². The molecule has 0 aliphatic carbocycles. The largest absolute Gasteiger partial charge is 0.496 e. The number of hydrogen-bond donors (Lipinski definition) is 1. The smallest absolute Gasteiger partial charge is 0.243 e. The van der Waals surface area contributed by atoms with Crippen LogP contribution in [0.3, 0.4) is 0 Å². The van der Waals surface area contributed by atoms with E-state index in [9.17, 15) is 4.79 Å². The van der Waals surface area contributed by atoms with E-state index < -0.39 is 0 Å². The lowest BCUT2D eigenvalue weighted by atomic mass is 10.0. The molecule has 1 aliphatic rings. The van der Waals surface area contributed by atoms with Crippen LogP contribution in [0.1, 0.15) is 18.1 Å². The number of hydrogen-bond acceptors (Lipinski definition) is 5. The summed E-state index contributed by atoms with van der Waals surface area (Å²) in [6, 6.07) is 7.64. The quantitative estimate of drug-likeness (QED) is 0.930. The van der Waals surface area contributed by atoms with Crippen LogP contribution in [-0.4, -0.2) is 47.0 Å². The third kappa shape index (κ3) is 3.54. The lowest BCUT2D eigenvalue weighted by Crippen LogP contribution is -2.43. The maximum Gasteiger partial charge on any atom is 0.243 e. The van der Waals surface area contributed by atoms with Crippen LogP contribution in [-0.2, 0) is 17.6 Å². The van der Waals surface area contributed by atoms with E-state index in [1.54, 1.807) is 25.6 Å². The maximum atomic E-state index is 12.5. The molecular weight excluding hydrogens is 304 g/mol. The van der Waals surface area contributed by atoms with E-state index in [-0.39, 0.29) is 11.9 Å². The van der Waals surface area contributed by atoms with Crippen molar-refractivity contribution in [2.24, 2.45) is 0 Å². The van der Waals surface area contributed by atoms with Gasteiger partial charge < -0.3 is 4.74 Å². The number of benzene rings is 1. The summed E-state index contributed by atoms with van der Waals surface area (Å²) in [5, 5.41) is 2.78. The molecule has 1 atom stereocenters. The van der Waals surface area contributed by atoms with Crippen molar-refractivity contribution in [3.05, 3.63) is 47.8 Å². The van der Waals surface area contributed by atoms with Gasteiger partial charge in [-0.25, -0.2) is 9.97 Å². The highest BCUT2D eigenvalue weighted by Crippen LogP contribution is 2.26. The van der Waals surface area contributed by atoms with Crippen LogP contribution in [0.25, 0.3) is 0 Å². The van der Waals surface area contributed by atoms with Crippen LogP contribution < -0.4 is 10.1 Å². The topological polar surface area (TPSA) is 67.3 Å². The summed E-state index contributed by atoms with van der Waals surface area (Å²) in [6.45, 7) is 3.58. The maximum absolute atomic E-state index is 12.5. The van der Waals surface area contributed by atoms with Crippen LogP contribution in [0, 0.1) is 0 Å². The molecule has 1 aromatic heterocycles. The molecule has 1 unspecified atom stereocenters. The zero-order chi connectivity index (χ0) is 16.9. The lowest BCUT2D eigenvalue weighted by molar-refractivity contribution is -0.120. The van der Waals surface area contributed by atoms with E-state index in [4.69, 9.17) is 4.74 Å². The summed E-state index contributed by atoms with van der Waals surface area (Å²) in [6.07, 6.45) is 5.01. The molecule has 6 nitrogen and oxygen atoms in total. The number of carbonyl (C=O) groups is 1. The average molecular weight is 326 g/mol. The summed E-state index contributed by atoms with van der Waals surface area (Å²) in [5.41, 5.74) is 2.55. The Balaban J connectivity index is 1.67. The molecule has 0 radical (unpaired) electrons. The van der Waals surface area contributed by atoms with Crippen molar-refractivity contribution in [2.45, 2.75) is 25.8 Å². The normalized spacial score (nSPS) is 15.9. The van der Waals surface area contributed by atoms with Gasteiger partial charge in [0.15, 0.2) is 0 Å². The van der Waals surface area contributed by atoms with Gasteiger partial charge >= 0.3 is 0 Å². The Morgan fingerprint density at radius 2 is 1.96 bits per heavy atom. The Morgan fingerprint density at radius 1 is 1.21 bits per heavy atom. The minimum atomic E-state index is -0.242. The molecule has 6 heteroatoms. The van der Waals surface area contributed by atoms with E-state index in [0.29, 0.717) is 5.95 Å². The minimum Gasteiger partial charge on any atom is -0.496 e. The molecule has 1 amide bonds. The van der Waals surface area contributed by atoms with Crippen molar-refractivity contribution in [1.29, 1.82) is 0 Å². The van der Waals surface area contributed by atoms with Gasteiger partial charge in [-0.05, 0) is 43.0 Å². The highest BCUT2D eigenvalue weighted by Gasteiger charge is 2.25. The van der Waals surface area contributed by atoms with Crippen molar-refractivity contribution in [3.8, 4) is 5.75 Å². The molecule has 0 spiro atoms. The molecule has 2 heterocycles. The first kappa shape index (κ1) is 16.4. The summed E-state index contributed by atoms with van der Waals surface area (Å²) >= 11 is 0. The number of ether oxygens (including phenoxy) is 1. The van der Waals surface area contributed by atoms with Gasteiger partial charge in [0.1, 0.15) is 5.75 Å². The first-order chi connectivity index (χ1) is 11.7. The molecule has 0 bridgehead atoms. The van der Waals surface area contributed by atoms with Crippen LogP contribution in [0.4, 0.5) is 5.95 Å². The van der Waals surface area contributed by atoms with E-state index in [0.717, 1.165) is 31.7 Å². The van der Waals surface area contributed by atoms with E-state index >= 15 is 0 Å². The summed E-state index contributed by atoms with van der Waals surface area (Å²) in [5.74, 6) is 1.19. The number of aromatic nitrogens is 2. The molecule has 1 aliphatic heterocycles. The highest BCUT2D eigenvalue weighted by molar-refractivity contribution is 5.93. The molecule has 2 aromatic rings. The van der Waals surface area contributed by atoms with Crippen molar-refractivity contribution in [2.75, 3.05) is 25.5 Å². The van der Waals surface area contributed by atoms with Crippen molar-refractivity contribution >= 4 is 11.9 Å². The number of amides is 1. The van der Waals surface area contributed by atoms with Gasteiger partial charge in [-0.15, -0.1) is 0 Å².